The van der Waals surface area contributed by atoms with Crippen LogP contribution in [0.1, 0.15) is 52.4 Å². The number of amides is 1. The number of halogens is 2. The highest BCUT2D eigenvalue weighted by molar-refractivity contribution is 9.10. The molecule has 0 radical (unpaired) electrons. The number of fused-ring (bicyclic) bond motifs is 2. The number of aromatic nitrogens is 4. The number of nitrogens with zero attached hydrogens (tertiary/aromatic N) is 4. The molecule has 43 heavy (non-hydrogen) atoms. The van der Waals surface area contributed by atoms with Gasteiger partial charge in [-0.2, -0.15) is 0 Å². The van der Waals surface area contributed by atoms with Gasteiger partial charge in [-0.25, -0.2) is 9.78 Å². The van der Waals surface area contributed by atoms with Crippen molar-refractivity contribution in [2.24, 2.45) is 0 Å². The number of benzene rings is 3. The molecule has 0 atom stereocenters. The van der Waals surface area contributed by atoms with Crippen LogP contribution in [-0.4, -0.2) is 48.3 Å². The summed E-state index contributed by atoms with van der Waals surface area (Å²) in [5, 5.41) is 0.431. The molecule has 0 spiro atoms. The largest absolute Gasteiger partial charge is 0.491 e. The predicted molar refractivity (Wildman–Crippen MR) is 168 cm³/mol. The number of hydrogen-bond acceptors (Lipinski definition) is 5. The van der Waals surface area contributed by atoms with E-state index in [0.717, 1.165) is 16.6 Å². The van der Waals surface area contributed by atoms with Crippen LogP contribution in [0, 0.1) is 0 Å². The van der Waals surface area contributed by atoms with E-state index in [4.69, 9.17) is 16.3 Å². The number of imidazole rings is 2. The molecule has 0 aliphatic carbocycles. The zero-order valence-corrected chi connectivity index (χ0v) is 26.0. The van der Waals surface area contributed by atoms with E-state index < -0.39 is 0 Å². The van der Waals surface area contributed by atoms with E-state index in [1.54, 1.807) is 58.3 Å². The molecule has 11 heteroatoms. The predicted octanol–water partition coefficient (Wildman–Crippen LogP) is 6.19. The number of rotatable bonds is 8. The van der Waals surface area contributed by atoms with Gasteiger partial charge < -0.3 is 14.6 Å². The van der Waals surface area contributed by atoms with Gasteiger partial charge in [0.1, 0.15) is 11.4 Å². The molecular weight excluding hydrogens is 634 g/mol. The molecular formula is C32H29BrClN5O4. The summed E-state index contributed by atoms with van der Waals surface area (Å²) in [7, 11) is 0. The van der Waals surface area contributed by atoms with Crippen molar-refractivity contribution < 1.29 is 14.3 Å². The SMILES string of the molecule is CC(C)Oc1ccc(-n2c(C(=O)CCc3ccc4nc[nH]c4c3)c3n(c2=O)CCN(C(=O)c2ccc(Br)c(Cl)c2)C3)cc1. The van der Waals surface area contributed by atoms with Crippen LogP contribution < -0.4 is 10.4 Å². The second kappa shape index (κ2) is 11.9. The number of carbonyl (C=O) groups is 2. The Balaban J connectivity index is 1.36. The Morgan fingerprint density at radius 2 is 1.86 bits per heavy atom. The molecule has 0 saturated heterocycles. The molecule has 220 valence electrons. The summed E-state index contributed by atoms with van der Waals surface area (Å²) in [4.78, 5) is 50.3. The van der Waals surface area contributed by atoms with Crippen molar-refractivity contribution in [2.75, 3.05) is 6.54 Å². The van der Waals surface area contributed by atoms with E-state index in [-0.39, 0.29) is 48.7 Å². The van der Waals surface area contributed by atoms with E-state index in [1.165, 1.54) is 4.57 Å². The summed E-state index contributed by atoms with van der Waals surface area (Å²) in [6.45, 7) is 4.59. The van der Waals surface area contributed by atoms with Gasteiger partial charge in [0, 0.05) is 29.5 Å². The smallest absolute Gasteiger partial charge is 0.333 e. The quantitative estimate of drug-likeness (QED) is 0.200. The van der Waals surface area contributed by atoms with Crippen LogP contribution in [0.2, 0.25) is 5.02 Å². The van der Waals surface area contributed by atoms with Gasteiger partial charge >= 0.3 is 5.69 Å². The standard InChI is InChI=1S/C32H29BrClN5O4/c1-19(2)43-23-8-6-22(7-9-23)39-30(29(40)12-4-20-3-11-26-27(15-20)36-18-35-26)28-17-37(13-14-38(28)32(39)42)31(41)21-5-10-24(33)25(34)16-21/h3,5-11,15-16,18-19H,4,12-14,17H2,1-2H3,(H,35,36). The number of nitrogens with one attached hydrogen (secondary N) is 1. The Morgan fingerprint density at radius 3 is 2.60 bits per heavy atom. The maximum atomic E-state index is 14.0. The minimum Gasteiger partial charge on any atom is -0.491 e. The van der Waals surface area contributed by atoms with E-state index in [0.29, 0.717) is 45.2 Å². The van der Waals surface area contributed by atoms with E-state index in [1.807, 2.05) is 32.0 Å². The van der Waals surface area contributed by atoms with Gasteiger partial charge in [-0.15, -0.1) is 0 Å². The molecule has 9 nitrogen and oxygen atoms in total. The van der Waals surface area contributed by atoms with Gasteiger partial charge in [0.25, 0.3) is 5.91 Å². The van der Waals surface area contributed by atoms with Gasteiger partial charge in [0.2, 0.25) is 0 Å². The van der Waals surface area contributed by atoms with Gasteiger partial charge in [0.05, 0.1) is 46.4 Å². The fourth-order valence-corrected chi connectivity index (χ4v) is 5.86. The number of carbonyl (C=O) groups excluding carboxylic acids is 2. The van der Waals surface area contributed by atoms with Crippen molar-refractivity contribution in [2.45, 2.75) is 45.9 Å². The highest BCUT2D eigenvalue weighted by atomic mass is 79.9. The minimum atomic E-state index is -0.312. The first-order chi connectivity index (χ1) is 20.7. The summed E-state index contributed by atoms with van der Waals surface area (Å²) >= 11 is 9.62. The zero-order chi connectivity index (χ0) is 30.2. The number of Topliss-reactive ketones (excluding diaryl/α,β-unsaturated/α-hetero) is 1. The lowest BCUT2D eigenvalue weighted by atomic mass is 10.0. The van der Waals surface area contributed by atoms with Crippen LogP contribution in [0.25, 0.3) is 16.7 Å². The Labute approximate surface area is 261 Å². The fraction of sp³-hybridized carbons (Fsp3) is 0.250. The Kier molecular flexibility index (Phi) is 7.98. The maximum absolute atomic E-state index is 14.0. The topological polar surface area (TPSA) is 102 Å². The third-order valence-electron chi connectivity index (χ3n) is 7.49. The molecule has 0 fully saturated rings. The molecule has 1 amide bonds. The minimum absolute atomic E-state index is 0.00221. The highest BCUT2D eigenvalue weighted by Crippen LogP contribution is 2.27. The lowest BCUT2D eigenvalue weighted by Gasteiger charge is -2.28. The molecule has 2 aromatic heterocycles. The monoisotopic (exact) mass is 661 g/mol. The molecule has 0 saturated carbocycles. The summed E-state index contributed by atoms with van der Waals surface area (Å²) < 4.78 is 9.56. The molecule has 0 unspecified atom stereocenters. The summed E-state index contributed by atoms with van der Waals surface area (Å²) in [5.41, 5.74) is 4.22. The molecule has 1 aliphatic heterocycles. The lowest BCUT2D eigenvalue weighted by molar-refractivity contribution is 0.0707. The van der Waals surface area contributed by atoms with Gasteiger partial charge in [-0.05, 0) is 96.4 Å². The normalized spacial score (nSPS) is 13.0. The van der Waals surface area contributed by atoms with Crippen molar-refractivity contribution in [3.63, 3.8) is 0 Å². The molecule has 3 heterocycles. The average Bonchev–Trinajstić information content (AvgIpc) is 3.58. The average molecular weight is 663 g/mol. The molecule has 1 N–H and O–H groups in total. The third kappa shape index (κ3) is 5.77. The number of hydrogen-bond donors (Lipinski definition) is 1. The molecule has 0 bridgehead atoms. The van der Waals surface area contributed by atoms with Crippen molar-refractivity contribution in [3.8, 4) is 11.4 Å². The van der Waals surface area contributed by atoms with Gasteiger partial charge in [0.15, 0.2) is 5.78 Å². The lowest BCUT2D eigenvalue weighted by Crippen LogP contribution is -2.41. The number of aromatic amines is 1. The number of aryl methyl sites for hydroxylation is 1. The van der Waals surface area contributed by atoms with Crippen LogP contribution in [0.5, 0.6) is 5.75 Å². The Morgan fingerprint density at radius 1 is 1.07 bits per heavy atom. The maximum Gasteiger partial charge on any atom is 0.333 e. The highest BCUT2D eigenvalue weighted by Gasteiger charge is 2.32. The van der Waals surface area contributed by atoms with Crippen LogP contribution >= 0.6 is 27.5 Å². The summed E-state index contributed by atoms with van der Waals surface area (Å²) in [6, 6.07) is 18.0. The van der Waals surface area contributed by atoms with Crippen LogP contribution in [0.3, 0.4) is 0 Å². The number of ketones is 1. The number of ether oxygens (including phenoxy) is 1. The first kappa shape index (κ1) is 28.9. The molecule has 6 rings (SSSR count). The van der Waals surface area contributed by atoms with Crippen LogP contribution in [0.15, 0.2) is 76.3 Å². The van der Waals surface area contributed by atoms with E-state index in [2.05, 4.69) is 25.9 Å². The molecule has 1 aliphatic rings. The van der Waals surface area contributed by atoms with E-state index >= 15 is 0 Å². The molecule has 3 aromatic carbocycles. The second-order valence-electron chi connectivity index (χ2n) is 10.8. The van der Waals surface area contributed by atoms with Gasteiger partial charge in [-0.3, -0.25) is 18.7 Å². The van der Waals surface area contributed by atoms with Gasteiger partial charge in [-0.1, -0.05) is 17.7 Å². The third-order valence-corrected chi connectivity index (χ3v) is 8.72. The van der Waals surface area contributed by atoms with Crippen molar-refractivity contribution in [1.29, 1.82) is 0 Å². The first-order valence-electron chi connectivity index (χ1n) is 14.0. The first-order valence-corrected chi connectivity index (χ1v) is 15.2. The summed E-state index contributed by atoms with van der Waals surface area (Å²) in [5.74, 6) is 0.268. The Bertz CT molecular complexity index is 1910. The van der Waals surface area contributed by atoms with E-state index in [9.17, 15) is 14.4 Å². The second-order valence-corrected chi connectivity index (χ2v) is 12.0. The van der Waals surface area contributed by atoms with Crippen molar-refractivity contribution in [3.05, 3.63) is 109 Å². The fourth-order valence-electron chi connectivity index (χ4n) is 5.43. The molecule has 5 aromatic rings. The summed E-state index contributed by atoms with van der Waals surface area (Å²) in [6.07, 6.45) is 2.30. The zero-order valence-electron chi connectivity index (χ0n) is 23.6. The van der Waals surface area contributed by atoms with Crippen LogP contribution in [-0.2, 0) is 19.5 Å². The van der Waals surface area contributed by atoms with Crippen molar-refractivity contribution in [1.82, 2.24) is 24.0 Å². The number of H-pyrrole nitrogens is 1. The van der Waals surface area contributed by atoms with Crippen LogP contribution in [0.4, 0.5) is 0 Å². The van der Waals surface area contributed by atoms with Crippen molar-refractivity contribution >= 4 is 50.3 Å². The Hall–Kier alpha value is -4.15.